The monoisotopic (exact) mass is 339 g/mol. The highest BCUT2D eigenvalue weighted by molar-refractivity contribution is 7.09. The minimum absolute atomic E-state index is 0.260. The Labute approximate surface area is 145 Å². The number of aliphatic hydroxyl groups excluding tert-OH is 1. The van der Waals surface area contributed by atoms with Gasteiger partial charge >= 0.3 is 0 Å². The van der Waals surface area contributed by atoms with Crippen LogP contribution in [-0.4, -0.2) is 39.2 Å². The molecule has 0 saturated carbocycles. The SMILES string of the molecule is Cc1nc(CN2C[C@@H](Cc3ccnc4ccccc34)[C@H](O)C2)cs1. The average molecular weight is 339 g/mol. The number of rotatable bonds is 4. The van der Waals surface area contributed by atoms with Crippen LogP contribution in [0.15, 0.2) is 41.9 Å². The van der Waals surface area contributed by atoms with Crippen molar-refractivity contribution in [1.29, 1.82) is 0 Å². The summed E-state index contributed by atoms with van der Waals surface area (Å²) >= 11 is 1.69. The highest BCUT2D eigenvalue weighted by Gasteiger charge is 2.31. The first-order chi connectivity index (χ1) is 11.7. The van der Waals surface area contributed by atoms with E-state index < -0.39 is 0 Å². The lowest BCUT2D eigenvalue weighted by Crippen LogP contribution is -2.21. The number of aromatic nitrogens is 2. The van der Waals surface area contributed by atoms with Crippen LogP contribution < -0.4 is 0 Å². The number of aliphatic hydroxyl groups is 1. The average Bonchev–Trinajstić information content (AvgIpc) is 3.14. The van der Waals surface area contributed by atoms with Crippen LogP contribution in [0.2, 0.25) is 0 Å². The second-order valence-electron chi connectivity index (χ2n) is 6.57. The molecule has 0 bridgehead atoms. The zero-order chi connectivity index (χ0) is 16.5. The predicted octanol–water partition coefficient (Wildman–Crippen LogP) is 3.04. The van der Waals surface area contributed by atoms with E-state index >= 15 is 0 Å². The number of aryl methyl sites for hydroxylation is 1. The van der Waals surface area contributed by atoms with Crippen molar-refractivity contribution in [2.24, 2.45) is 5.92 Å². The van der Waals surface area contributed by atoms with Gasteiger partial charge in [0.25, 0.3) is 0 Å². The van der Waals surface area contributed by atoms with Gasteiger partial charge in [-0.05, 0) is 31.0 Å². The molecule has 124 valence electrons. The maximum atomic E-state index is 10.5. The van der Waals surface area contributed by atoms with Crippen molar-refractivity contribution in [2.75, 3.05) is 13.1 Å². The van der Waals surface area contributed by atoms with E-state index in [0.29, 0.717) is 0 Å². The molecule has 1 saturated heterocycles. The third kappa shape index (κ3) is 3.20. The summed E-state index contributed by atoms with van der Waals surface area (Å²) < 4.78 is 0. The number of β-amino-alcohol motifs (C(OH)–C–C–N with tert-alkyl or cyclic N) is 1. The van der Waals surface area contributed by atoms with Crippen LogP contribution in [0.5, 0.6) is 0 Å². The molecule has 0 unspecified atom stereocenters. The van der Waals surface area contributed by atoms with Crippen molar-refractivity contribution in [3.05, 3.63) is 58.2 Å². The summed E-state index contributed by atoms with van der Waals surface area (Å²) in [5.41, 5.74) is 3.41. The molecule has 0 aliphatic carbocycles. The molecule has 2 aromatic heterocycles. The first kappa shape index (κ1) is 15.7. The Morgan fingerprint density at radius 2 is 2.12 bits per heavy atom. The van der Waals surface area contributed by atoms with Gasteiger partial charge in [-0.15, -0.1) is 11.3 Å². The van der Waals surface area contributed by atoms with Crippen molar-refractivity contribution in [2.45, 2.75) is 26.0 Å². The number of benzene rings is 1. The molecule has 1 fully saturated rings. The fraction of sp³-hybridized carbons (Fsp3) is 0.368. The fourth-order valence-electron chi connectivity index (χ4n) is 3.60. The molecule has 24 heavy (non-hydrogen) atoms. The molecule has 0 spiro atoms. The molecule has 0 amide bonds. The van der Waals surface area contributed by atoms with Gasteiger partial charge in [0.2, 0.25) is 0 Å². The highest BCUT2D eigenvalue weighted by Crippen LogP contribution is 2.26. The van der Waals surface area contributed by atoms with Crippen LogP contribution in [0.3, 0.4) is 0 Å². The topological polar surface area (TPSA) is 49.2 Å². The highest BCUT2D eigenvalue weighted by atomic mass is 32.1. The molecule has 4 rings (SSSR count). The Bertz CT molecular complexity index is 842. The van der Waals surface area contributed by atoms with E-state index in [1.807, 2.05) is 25.3 Å². The molecule has 1 aromatic carbocycles. The summed E-state index contributed by atoms with van der Waals surface area (Å²) in [7, 11) is 0. The van der Waals surface area contributed by atoms with Crippen LogP contribution >= 0.6 is 11.3 Å². The number of hydrogen-bond acceptors (Lipinski definition) is 5. The zero-order valence-corrected chi connectivity index (χ0v) is 14.5. The Morgan fingerprint density at radius 3 is 2.96 bits per heavy atom. The van der Waals surface area contributed by atoms with Crippen LogP contribution in [0.1, 0.15) is 16.3 Å². The van der Waals surface area contributed by atoms with Crippen LogP contribution in [0.4, 0.5) is 0 Å². The molecule has 1 aliphatic heterocycles. The summed E-state index contributed by atoms with van der Waals surface area (Å²) in [5, 5.41) is 14.9. The Hall–Kier alpha value is -1.82. The third-order valence-corrected chi connectivity index (χ3v) is 5.58. The summed E-state index contributed by atoms with van der Waals surface area (Å²) in [5.74, 6) is 0.260. The molecule has 3 heterocycles. The quantitative estimate of drug-likeness (QED) is 0.794. The van der Waals surface area contributed by atoms with Gasteiger partial charge in [-0.3, -0.25) is 9.88 Å². The van der Waals surface area contributed by atoms with Crippen LogP contribution in [0, 0.1) is 12.8 Å². The van der Waals surface area contributed by atoms with E-state index in [1.54, 1.807) is 11.3 Å². The van der Waals surface area contributed by atoms with Crippen molar-refractivity contribution >= 4 is 22.2 Å². The summed E-state index contributed by atoms with van der Waals surface area (Å²) in [4.78, 5) is 11.3. The first-order valence-electron chi connectivity index (χ1n) is 8.33. The van der Waals surface area contributed by atoms with Crippen molar-refractivity contribution < 1.29 is 5.11 Å². The molecule has 0 radical (unpaired) electrons. The maximum Gasteiger partial charge on any atom is 0.0897 e. The number of pyridine rings is 1. The minimum Gasteiger partial charge on any atom is -0.391 e. The number of likely N-dealkylation sites (tertiary alicyclic amines) is 1. The van der Waals surface area contributed by atoms with E-state index in [2.05, 4.69) is 38.4 Å². The molecular formula is C19H21N3OS. The minimum atomic E-state index is -0.281. The summed E-state index contributed by atoms with van der Waals surface area (Å²) in [6, 6.07) is 10.3. The molecule has 5 heteroatoms. The molecule has 1 aliphatic rings. The second kappa shape index (κ2) is 6.59. The van der Waals surface area contributed by atoms with E-state index in [-0.39, 0.29) is 12.0 Å². The Morgan fingerprint density at radius 1 is 1.25 bits per heavy atom. The molecular weight excluding hydrogens is 318 g/mol. The zero-order valence-electron chi connectivity index (χ0n) is 13.7. The fourth-order valence-corrected chi connectivity index (χ4v) is 4.20. The Balaban J connectivity index is 1.48. The van der Waals surface area contributed by atoms with Gasteiger partial charge in [0.05, 0.1) is 22.3 Å². The largest absolute Gasteiger partial charge is 0.391 e. The summed E-state index contributed by atoms with van der Waals surface area (Å²) in [6.07, 6.45) is 2.47. The standard InChI is InChI=1S/C19H21N3OS/c1-13-21-16(12-24-13)10-22-9-15(19(23)11-22)8-14-6-7-20-18-5-3-2-4-17(14)18/h2-7,12,15,19,23H,8-11H2,1H3/t15-,19-/m1/s1. The number of fused-ring (bicyclic) bond motifs is 1. The maximum absolute atomic E-state index is 10.5. The van der Waals surface area contributed by atoms with Gasteiger partial charge in [0.15, 0.2) is 0 Å². The lowest BCUT2D eigenvalue weighted by molar-refractivity contribution is 0.141. The normalized spacial score (nSPS) is 21.6. The predicted molar refractivity (Wildman–Crippen MR) is 97.1 cm³/mol. The van der Waals surface area contributed by atoms with E-state index in [0.717, 1.165) is 42.3 Å². The van der Waals surface area contributed by atoms with Crippen LogP contribution in [0.25, 0.3) is 10.9 Å². The number of hydrogen-bond donors (Lipinski definition) is 1. The van der Waals surface area contributed by atoms with Crippen LogP contribution in [-0.2, 0) is 13.0 Å². The summed E-state index contributed by atoms with van der Waals surface area (Å²) in [6.45, 7) is 4.50. The van der Waals surface area contributed by atoms with Gasteiger partial charge < -0.3 is 5.11 Å². The molecule has 3 aromatic rings. The van der Waals surface area contributed by atoms with Gasteiger partial charge in [-0.1, -0.05) is 18.2 Å². The van der Waals surface area contributed by atoms with Gasteiger partial charge in [-0.2, -0.15) is 0 Å². The number of thiazole rings is 1. The van der Waals surface area contributed by atoms with E-state index in [1.165, 1.54) is 10.9 Å². The lowest BCUT2D eigenvalue weighted by Gasteiger charge is -2.15. The van der Waals surface area contributed by atoms with Crippen molar-refractivity contribution in [1.82, 2.24) is 14.9 Å². The van der Waals surface area contributed by atoms with E-state index in [9.17, 15) is 5.11 Å². The lowest BCUT2D eigenvalue weighted by atomic mass is 9.94. The third-order valence-electron chi connectivity index (χ3n) is 4.76. The van der Waals surface area contributed by atoms with Crippen molar-refractivity contribution in [3.8, 4) is 0 Å². The van der Waals surface area contributed by atoms with Gasteiger partial charge in [-0.25, -0.2) is 4.98 Å². The molecule has 1 N–H and O–H groups in total. The smallest absolute Gasteiger partial charge is 0.0897 e. The van der Waals surface area contributed by atoms with Gasteiger partial charge in [0, 0.05) is 42.5 Å². The van der Waals surface area contributed by atoms with E-state index in [4.69, 9.17) is 0 Å². The molecule has 4 nitrogen and oxygen atoms in total. The Kier molecular flexibility index (Phi) is 4.31. The second-order valence-corrected chi connectivity index (χ2v) is 7.63. The van der Waals surface area contributed by atoms with Gasteiger partial charge in [0.1, 0.15) is 0 Å². The van der Waals surface area contributed by atoms with Crippen molar-refractivity contribution in [3.63, 3.8) is 0 Å². The number of nitrogens with zero attached hydrogens (tertiary/aromatic N) is 3. The number of para-hydroxylation sites is 1. The molecule has 2 atom stereocenters. The first-order valence-corrected chi connectivity index (χ1v) is 9.21.